The summed E-state index contributed by atoms with van der Waals surface area (Å²) >= 11 is 5.87. The maximum atomic E-state index is 12.2. The van der Waals surface area contributed by atoms with Crippen LogP contribution in [-0.2, 0) is 27.9 Å². The van der Waals surface area contributed by atoms with Gasteiger partial charge >= 0.3 is 5.97 Å². The molecule has 0 aliphatic carbocycles. The summed E-state index contributed by atoms with van der Waals surface area (Å²) in [6.07, 6.45) is 3.08. The van der Waals surface area contributed by atoms with Crippen LogP contribution in [0.25, 0.3) is 5.65 Å². The van der Waals surface area contributed by atoms with Crippen LogP contribution in [0.2, 0.25) is 5.02 Å². The van der Waals surface area contributed by atoms with Crippen LogP contribution in [0.15, 0.2) is 53.5 Å². The molecule has 3 rings (SSSR count). The van der Waals surface area contributed by atoms with Gasteiger partial charge in [-0.25, -0.2) is 9.78 Å². The molecule has 2 aromatic heterocycles. The second-order valence-electron chi connectivity index (χ2n) is 5.66. The molecule has 0 N–H and O–H groups in total. The van der Waals surface area contributed by atoms with E-state index in [-0.39, 0.29) is 12.2 Å². The lowest BCUT2D eigenvalue weighted by Gasteiger charge is -2.07. The van der Waals surface area contributed by atoms with Crippen molar-refractivity contribution in [2.45, 2.75) is 12.4 Å². The number of halogens is 1. The van der Waals surface area contributed by atoms with Crippen LogP contribution >= 0.6 is 11.6 Å². The monoisotopic (exact) mass is 390 g/mol. The summed E-state index contributed by atoms with van der Waals surface area (Å²) in [6.45, 7) is -0.128. The van der Waals surface area contributed by atoms with Gasteiger partial charge in [0.2, 0.25) is 0 Å². The number of pyridine rings is 1. The molecule has 0 radical (unpaired) electrons. The number of rotatable bonds is 5. The third kappa shape index (κ3) is 4.36. The lowest BCUT2D eigenvalue weighted by molar-refractivity contribution is 0.0467. The zero-order chi connectivity index (χ0) is 18.7. The zero-order valence-corrected chi connectivity index (χ0v) is 15.4. The summed E-state index contributed by atoms with van der Waals surface area (Å²) < 4.78 is 17.9. The molecule has 0 amide bonds. The summed E-state index contributed by atoms with van der Waals surface area (Å²) in [4.78, 5) is 28.6. The topological polar surface area (TPSA) is 77.7 Å². The highest BCUT2D eigenvalue weighted by molar-refractivity contribution is 7.83. The van der Waals surface area contributed by atoms with E-state index in [1.165, 1.54) is 16.7 Å². The number of carbonyl (C=O) groups is 1. The van der Waals surface area contributed by atoms with E-state index >= 15 is 0 Å². The van der Waals surface area contributed by atoms with Crippen molar-refractivity contribution in [2.24, 2.45) is 0 Å². The Morgan fingerprint density at radius 3 is 2.85 bits per heavy atom. The molecular formula is C18H15ClN2O4S. The largest absolute Gasteiger partial charge is 0.456 e. The second-order valence-corrected chi connectivity index (χ2v) is 7.53. The van der Waals surface area contributed by atoms with Crippen molar-refractivity contribution in [1.82, 2.24) is 9.38 Å². The van der Waals surface area contributed by atoms with E-state index in [9.17, 15) is 13.8 Å². The van der Waals surface area contributed by atoms with Gasteiger partial charge < -0.3 is 4.74 Å². The van der Waals surface area contributed by atoms with E-state index in [2.05, 4.69) is 4.98 Å². The first-order chi connectivity index (χ1) is 12.4. The molecular weight excluding hydrogens is 376 g/mol. The molecule has 0 saturated carbocycles. The quantitative estimate of drug-likeness (QED) is 0.626. The zero-order valence-electron chi connectivity index (χ0n) is 13.8. The third-order valence-corrected chi connectivity index (χ3v) is 4.52. The van der Waals surface area contributed by atoms with Crippen molar-refractivity contribution in [3.05, 3.63) is 80.9 Å². The van der Waals surface area contributed by atoms with Crippen LogP contribution in [0.4, 0.5) is 0 Å². The molecule has 0 aliphatic heterocycles. The SMILES string of the molecule is CS(=O)Cc1cccc(C(=O)OCc2cc(=O)n3cc(Cl)ccc3n2)c1. The molecule has 0 bridgehead atoms. The van der Waals surface area contributed by atoms with Gasteiger partial charge in [-0.05, 0) is 29.8 Å². The predicted molar refractivity (Wildman–Crippen MR) is 99.8 cm³/mol. The Balaban J connectivity index is 1.75. The fourth-order valence-corrected chi connectivity index (χ4v) is 3.26. The molecule has 2 heterocycles. The Morgan fingerprint density at radius 2 is 2.08 bits per heavy atom. The van der Waals surface area contributed by atoms with Gasteiger partial charge in [0.25, 0.3) is 5.56 Å². The van der Waals surface area contributed by atoms with Crippen LogP contribution in [0.5, 0.6) is 0 Å². The van der Waals surface area contributed by atoms with Gasteiger partial charge in [-0.1, -0.05) is 23.7 Å². The number of fused-ring (bicyclic) bond motifs is 1. The molecule has 0 aliphatic rings. The Hall–Kier alpha value is -2.51. The van der Waals surface area contributed by atoms with Gasteiger partial charge in [-0.2, -0.15) is 0 Å². The summed E-state index contributed by atoms with van der Waals surface area (Å²) in [7, 11) is -0.998. The molecule has 8 heteroatoms. The van der Waals surface area contributed by atoms with E-state index in [0.29, 0.717) is 27.7 Å². The van der Waals surface area contributed by atoms with Gasteiger partial charge in [0.15, 0.2) is 0 Å². The van der Waals surface area contributed by atoms with Gasteiger partial charge in [0, 0.05) is 35.1 Å². The van der Waals surface area contributed by atoms with Crippen molar-refractivity contribution >= 4 is 34.0 Å². The van der Waals surface area contributed by atoms with E-state index in [0.717, 1.165) is 5.56 Å². The molecule has 1 unspecified atom stereocenters. The highest BCUT2D eigenvalue weighted by Crippen LogP contribution is 2.11. The molecule has 3 aromatic rings. The average Bonchev–Trinajstić information content (AvgIpc) is 2.60. The predicted octanol–water partition coefficient (Wildman–Crippen LogP) is 2.58. The first-order valence-electron chi connectivity index (χ1n) is 7.66. The smallest absolute Gasteiger partial charge is 0.338 e. The number of esters is 1. The number of benzene rings is 1. The Morgan fingerprint density at radius 1 is 1.27 bits per heavy atom. The van der Waals surface area contributed by atoms with Crippen LogP contribution in [0, 0.1) is 0 Å². The van der Waals surface area contributed by atoms with Gasteiger partial charge in [-0.15, -0.1) is 0 Å². The maximum absolute atomic E-state index is 12.2. The third-order valence-electron chi connectivity index (χ3n) is 3.56. The van der Waals surface area contributed by atoms with Crippen LogP contribution in [0.3, 0.4) is 0 Å². The normalized spacial score (nSPS) is 12.1. The molecule has 6 nitrogen and oxygen atoms in total. The minimum Gasteiger partial charge on any atom is -0.456 e. The fourth-order valence-electron chi connectivity index (χ4n) is 2.45. The van der Waals surface area contributed by atoms with E-state index in [1.54, 1.807) is 42.7 Å². The van der Waals surface area contributed by atoms with Crippen molar-refractivity contribution in [1.29, 1.82) is 0 Å². The number of ether oxygens (including phenoxy) is 1. The molecule has 0 saturated heterocycles. The minimum atomic E-state index is -0.998. The van der Waals surface area contributed by atoms with Crippen LogP contribution < -0.4 is 5.56 Å². The average molecular weight is 391 g/mol. The second kappa shape index (κ2) is 7.80. The Kier molecular flexibility index (Phi) is 5.49. The van der Waals surface area contributed by atoms with Crippen molar-refractivity contribution < 1.29 is 13.7 Å². The van der Waals surface area contributed by atoms with Crippen molar-refractivity contribution in [3.63, 3.8) is 0 Å². The Labute approximate surface area is 156 Å². The molecule has 1 aromatic carbocycles. The number of hydrogen-bond acceptors (Lipinski definition) is 5. The molecule has 134 valence electrons. The number of aromatic nitrogens is 2. The lowest BCUT2D eigenvalue weighted by atomic mass is 10.1. The summed E-state index contributed by atoms with van der Waals surface area (Å²) in [5.74, 6) is -0.168. The highest BCUT2D eigenvalue weighted by Gasteiger charge is 2.10. The minimum absolute atomic E-state index is 0.128. The molecule has 26 heavy (non-hydrogen) atoms. The first kappa shape index (κ1) is 18.3. The van der Waals surface area contributed by atoms with Crippen molar-refractivity contribution in [2.75, 3.05) is 6.26 Å². The fraction of sp³-hybridized carbons (Fsp3) is 0.167. The molecule has 0 spiro atoms. The Bertz CT molecular complexity index is 1060. The summed E-state index contributed by atoms with van der Waals surface area (Å²) in [5.41, 5.74) is 1.60. The van der Waals surface area contributed by atoms with E-state index in [4.69, 9.17) is 16.3 Å². The van der Waals surface area contributed by atoms with Gasteiger partial charge in [0.05, 0.1) is 16.3 Å². The number of carbonyl (C=O) groups excluding carboxylic acids is 1. The van der Waals surface area contributed by atoms with Gasteiger partial charge in [-0.3, -0.25) is 13.4 Å². The lowest BCUT2D eigenvalue weighted by Crippen LogP contribution is -2.16. The van der Waals surface area contributed by atoms with Gasteiger partial charge in [0.1, 0.15) is 12.3 Å². The number of hydrogen-bond donors (Lipinski definition) is 0. The summed E-state index contributed by atoms with van der Waals surface area (Å²) in [6, 6.07) is 11.3. The molecule has 1 atom stereocenters. The molecule has 0 fully saturated rings. The van der Waals surface area contributed by atoms with Crippen LogP contribution in [0.1, 0.15) is 21.6 Å². The maximum Gasteiger partial charge on any atom is 0.338 e. The standard InChI is InChI=1S/C18H15ClN2O4S/c1-26(24)11-12-3-2-4-13(7-12)18(23)25-10-15-8-17(22)21-9-14(19)5-6-16(21)20-15/h2-9H,10-11H2,1H3. The van der Waals surface area contributed by atoms with Crippen molar-refractivity contribution in [3.8, 4) is 0 Å². The van der Waals surface area contributed by atoms with E-state index < -0.39 is 16.8 Å². The van der Waals surface area contributed by atoms with E-state index in [1.807, 2.05) is 0 Å². The first-order valence-corrected chi connectivity index (χ1v) is 9.77. The van der Waals surface area contributed by atoms with Crippen LogP contribution in [-0.4, -0.2) is 25.8 Å². The summed E-state index contributed by atoms with van der Waals surface area (Å²) in [5, 5.41) is 0.425. The highest BCUT2D eigenvalue weighted by atomic mass is 35.5. The number of nitrogens with zero attached hydrogens (tertiary/aromatic N) is 2.